The highest BCUT2D eigenvalue weighted by molar-refractivity contribution is 6.69. The summed E-state index contributed by atoms with van der Waals surface area (Å²) in [6.07, 6.45) is 0. The number of hydrogen-bond donors (Lipinski definition) is 0. The van der Waals surface area contributed by atoms with E-state index in [2.05, 4.69) is 128 Å². The van der Waals surface area contributed by atoms with E-state index >= 15 is 0 Å². The van der Waals surface area contributed by atoms with Gasteiger partial charge in [0.1, 0.15) is 39.2 Å². The van der Waals surface area contributed by atoms with E-state index in [-0.39, 0.29) is 18.3 Å². The summed E-state index contributed by atoms with van der Waals surface area (Å²) < 4.78 is 12.7. The molecule has 0 radical (unpaired) electrons. The van der Waals surface area contributed by atoms with Crippen molar-refractivity contribution in [2.45, 2.75) is 38.9 Å². The molecule has 0 aromatic heterocycles. The first-order valence-corrected chi connectivity index (χ1v) is 13.0. The maximum atomic E-state index is 6.37. The molecule has 8 heteroatoms. The van der Waals surface area contributed by atoms with Crippen molar-refractivity contribution in [1.82, 2.24) is 0 Å². The standard InChI is InChI=1S/C28H32B6O2/c1-27(2)28(3,4)36-34(35-27)17-11-5-10-16(14-17)18-12-6-8-15-9-7-13-19(20(15)18)21-22(29)24(31)26(33)25(32)23(21)30/h5-14H,29-33H2,1-4H3. The molecule has 1 heterocycles. The van der Waals surface area contributed by atoms with Crippen LogP contribution in [0.25, 0.3) is 33.0 Å². The summed E-state index contributed by atoms with van der Waals surface area (Å²) in [4.78, 5) is 0. The van der Waals surface area contributed by atoms with Crippen LogP contribution in [0.2, 0.25) is 0 Å². The molecule has 1 aliphatic heterocycles. The van der Waals surface area contributed by atoms with Gasteiger partial charge in [-0.25, -0.2) is 0 Å². The van der Waals surface area contributed by atoms with Gasteiger partial charge in [-0.2, -0.15) is 0 Å². The Bertz CT molecular complexity index is 1460. The molecule has 4 aromatic rings. The van der Waals surface area contributed by atoms with Crippen LogP contribution in [0, 0.1) is 0 Å². The first kappa shape index (κ1) is 25.1. The van der Waals surface area contributed by atoms with Crippen LogP contribution in [0.15, 0.2) is 60.7 Å². The molecule has 1 aliphatic rings. The van der Waals surface area contributed by atoms with Crippen molar-refractivity contribution in [3.63, 3.8) is 0 Å². The summed E-state index contributed by atoms with van der Waals surface area (Å²) >= 11 is 0. The monoisotopic (exact) mass is 466 g/mol. The van der Waals surface area contributed by atoms with Crippen molar-refractivity contribution in [2.24, 2.45) is 0 Å². The lowest BCUT2D eigenvalue weighted by molar-refractivity contribution is 0.00578. The van der Waals surface area contributed by atoms with Crippen molar-refractivity contribution in [3.05, 3.63) is 60.7 Å². The second kappa shape index (κ2) is 8.78. The topological polar surface area (TPSA) is 18.5 Å². The van der Waals surface area contributed by atoms with Gasteiger partial charge in [0, 0.05) is 0 Å². The minimum absolute atomic E-state index is 0.365. The van der Waals surface area contributed by atoms with Gasteiger partial charge in [-0.05, 0) is 66.2 Å². The molecular weight excluding hydrogens is 433 g/mol. The minimum Gasteiger partial charge on any atom is -0.399 e. The van der Waals surface area contributed by atoms with Gasteiger partial charge < -0.3 is 9.31 Å². The Balaban J connectivity index is 1.72. The van der Waals surface area contributed by atoms with Crippen molar-refractivity contribution in [2.75, 3.05) is 0 Å². The van der Waals surface area contributed by atoms with E-state index in [0.717, 1.165) is 5.46 Å². The van der Waals surface area contributed by atoms with Gasteiger partial charge in [-0.15, -0.1) is 16.4 Å². The summed E-state index contributed by atoms with van der Waals surface area (Å²) in [6.45, 7) is 8.40. The van der Waals surface area contributed by atoms with Crippen LogP contribution in [0.4, 0.5) is 0 Å². The molecule has 0 amide bonds. The van der Waals surface area contributed by atoms with Crippen LogP contribution < -0.4 is 32.8 Å². The molecule has 1 fully saturated rings. The molecule has 0 bridgehead atoms. The van der Waals surface area contributed by atoms with Crippen LogP contribution in [-0.4, -0.2) is 57.6 Å². The third kappa shape index (κ3) is 3.90. The fraction of sp³-hybridized carbons (Fsp3) is 0.214. The highest BCUT2D eigenvalue weighted by atomic mass is 16.7. The second-order valence-corrected chi connectivity index (χ2v) is 11.4. The zero-order valence-electron chi connectivity index (χ0n) is 23.2. The zero-order chi connectivity index (χ0) is 26.0. The summed E-state index contributed by atoms with van der Waals surface area (Å²) in [5.74, 6) is 0. The molecule has 5 rings (SSSR count). The van der Waals surface area contributed by atoms with Gasteiger partial charge in [-0.3, -0.25) is 0 Å². The normalized spacial score (nSPS) is 16.5. The van der Waals surface area contributed by atoms with E-state index in [1.807, 2.05) is 0 Å². The van der Waals surface area contributed by atoms with Crippen LogP contribution in [0.3, 0.4) is 0 Å². The highest BCUT2D eigenvalue weighted by Crippen LogP contribution is 2.38. The van der Waals surface area contributed by atoms with Crippen LogP contribution in [0.5, 0.6) is 0 Å². The van der Waals surface area contributed by atoms with E-state index in [9.17, 15) is 0 Å². The Labute approximate surface area is 220 Å². The predicted molar refractivity (Wildman–Crippen MR) is 171 cm³/mol. The van der Waals surface area contributed by atoms with Crippen LogP contribution in [-0.2, 0) is 9.31 Å². The molecule has 0 unspecified atom stereocenters. The third-order valence-corrected chi connectivity index (χ3v) is 8.90. The quantitative estimate of drug-likeness (QED) is 0.319. The molecule has 2 nitrogen and oxygen atoms in total. The molecule has 1 saturated heterocycles. The molecular formula is C28H32B6O2. The van der Waals surface area contributed by atoms with Gasteiger partial charge in [0.15, 0.2) is 0 Å². The van der Waals surface area contributed by atoms with Gasteiger partial charge >= 0.3 is 7.12 Å². The van der Waals surface area contributed by atoms with Gasteiger partial charge in [0.25, 0.3) is 0 Å². The van der Waals surface area contributed by atoms with Crippen molar-refractivity contribution < 1.29 is 9.31 Å². The first-order chi connectivity index (χ1) is 16.9. The number of fused-ring (bicyclic) bond motifs is 1. The maximum Gasteiger partial charge on any atom is 0.494 e. The number of rotatable bonds is 3. The molecule has 0 saturated carbocycles. The smallest absolute Gasteiger partial charge is 0.399 e. The Morgan fingerprint density at radius 2 is 1.11 bits per heavy atom. The van der Waals surface area contributed by atoms with Gasteiger partial charge in [0.05, 0.1) is 11.2 Å². The number of benzene rings is 4. The Hall–Kier alpha value is -2.55. The average Bonchev–Trinajstić information content (AvgIpc) is 3.08. The van der Waals surface area contributed by atoms with Crippen LogP contribution in [0.1, 0.15) is 27.7 Å². The largest absolute Gasteiger partial charge is 0.494 e. The van der Waals surface area contributed by atoms with Crippen LogP contribution >= 0.6 is 0 Å². The molecule has 0 aliphatic carbocycles. The molecule has 0 N–H and O–H groups in total. The molecule has 0 spiro atoms. The molecule has 36 heavy (non-hydrogen) atoms. The second-order valence-electron chi connectivity index (χ2n) is 11.4. The lowest BCUT2D eigenvalue weighted by atomic mass is 9.59. The molecule has 0 atom stereocenters. The lowest BCUT2D eigenvalue weighted by Crippen LogP contribution is -2.55. The summed E-state index contributed by atoms with van der Waals surface area (Å²) in [5, 5.41) is 2.54. The van der Waals surface area contributed by atoms with Crippen molar-refractivity contribution >= 4 is 89.9 Å². The minimum atomic E-state index is -0.378. The Kier molecular flexibility index (Phi) is 6.13. The van der Waals surface area contributed by atoms with Crippen molar-refractivity contribution in [3.8, 4) is 22.3 Å². The fourth-order valence-corrected chi connectivity index (χ4v) is 5.53. The maximum absolute atomic E-state index is 6.37. The van der Waals surface area contributed by atoms with Gasteiger partial charge in [0.2, 0.25) is 0 Å². The zero-order valence-corrected chi connectivity index (χ0v) is 23.2. The van der Waals surface area contributed by atoms with E-state index in [4.69, 9.17) is 9.31 Å². The number of hydrogen-bond acceptors (Lipinski definition) is 2. The molecule has 174 valence electrons. The Morgan fingerprint density at radius 3 is 1.69 bits per heavy atom. The first-order valence-electron chi connectivity index (χ1n) is 13.0. The lowest BCUT2D eigenvalue weighted by Gasteiger charge is -2.32. The predicted octanol–water partition coefficient (Wildman–Crippen LogP) is -2.23. The SMILES string of the molecule is Bc1c(B)c(B)c(-c2cccc3cccc(-c4cccc(B5OC(C)(C)C(C)(C)O5)c4)c23)c(B)c1B. The molecule has 4 aromatic carbocycles. The summed E-state index contributed by atoms with van der Waals surface area (Å²) in [7, 11) is 10.9. The van der Waals surface area contributed by atoms with E-state index in [1.54, 1.807) is 0 Å². The third-order valence-electron chi connectivity index (χ3n) is 8.90. The van der Waals surface area contributed by atoms with E-state index < -0.39 is 0 Å². The Morgan fingerprint density at radius 1 is 0.611 bits per heavy atom. The summed E-state index contributed by atoms with van der Waals surface area (Å²) in [5.41, 5.74) is 12.3. The summed E-state index contributed by atoms with van der Waals surface area (Å²) in [6, 6.07) is 22.0. The van der Waals surface area contributed by atoms with Gasteiger partial charge in [-0.1, -0.05) is 71.6 Å². The van der Waals surface area contributed by atoms with Crippen molar-refractivity contribution in [1.29, 1.82) is 0 Å². The van der Waals surface area contributed by atoms with E-state index in [0.29, 0.717) is 0 Å². The fourth-order valence-electron chi connectivity index (χ4n) is 5.53. The highest BCUT2D eigenvalue weighted by Gasteiger charge is 2.51. The van der Waals surface area contributed by atoms with E-state index in [1.165, 1.54) is 60.3 Å². The average molecular weight is 465 g/mol.